The van der Waals surface area contributed by atoms with Crippen LogP contribution in [0.5, 0.6) is 5.75 Å². The summed E-state index contributed by atoms with van der Waals surface area (Å²) in [5.41, 5.74) is 5.86. The van der Waals surface area contributed by atoms with Crippen LogP contribution in [-0.4, -0.2) is 20.2 Å². The number of nitrogens with zero attached hydrogens (tertiary/aromatic N) is 1. The molecule has 0 amide bonds. The third-order valence-electron chi connectivity index (χ3n) is 5.77. The third-order valence-corrected chi connectivity index (χ3v) is 5.77. The van der Waals surface area contributed by atoms with Crippen LogP contribution in [0, 0.1) is 13.8 Å². The Kier molecular flexibility index (Phi) is 3.20. The molecule has 0 fully saturated rings. The molecule has 1 aromatic heterocycles. The van der Waals surface area contributed by atoms with E-state index in [1.807, 2.05) is 25.1 Å². The number of likely N-dealkylation sites (N-methyl/N-ethyl adjacent to an activating group) is 1. The Morgan fingerprint density at radius 1 is 1.04 bits per heavy atom. The summed E-state index contributed by atoms with van der Waals surface area (Å²) in [4.78, 5) is 15.1. The molecule has 0 N–H and O–H groups in total. The summed E-state index contributed by atoms with van der Waals surface area (Å²) in [5, 5.41) is 0.899. The van der Waals surface area contributed by atoms with Crippen LogP contribution in [-0.2, 0) is 0 Å². The summed E-state index contributed by atoms with van der Waals surface area (Å²) in [6.07, 6.45) is 0. The van der Waals surface area contributed by atoms with E-state index < -0.39 is 0 Å². The van der Waals surface area contributed by atoms with Crippen molar-refractivity contribution in [3.63, 3.8) is 0 Å². The molecule has 0 saturated carbocycles. The maximum Gasteiger partial charge on any atom is 0.343 e. The van der Waals surface area contributed by atoms with Crippen molar-refractivity contribution in [3.8, 4) is 5.75 Å². The van der Waals surface area contributed by atoms with Crippen molar-refractivity contribution in [2.75, 3.05) is 25.1 Å². The summed E-state index contributed by atoms with van der Waals surface area (Å²) < 4.78 is 11.9. The number of hydrogen-bond acceptors (Lipinski definition) is 4. The van der Waals surface area contributed by atoms with Gasteiger partial charge in [0.2, 0.25) is 0 Å². The van der Waals surface area contributed by atoms with Gasteiger partial charge >= 0.3 is 5.63 Å². The average molecular weight is 347 g/mol. The van der Waals surface area contributed by atoms with Crippen LogP contribution < -0.4 is 15.3 Å². The standard InChI is InChI=1S/C22H21NO3/c1-12-4-6-18-14(8-12)17-11-25-21-15-9-13(2)5-7-19(15)26-22(24)20(21)16(17)10-23(18)3/h4-9,16-17H,10-11H2,1-3H3/t16-,17-/m1/s1. The number of anilines is 1. The zero-order chi connectivity index (χ0) is 18.0. The van der Waals surface area contributed by atoms with E-state index in [1.165, 1.54) is 16.8 Å². The monoisotopic (exact) mass is 347 g/mol. The van der Waals surface area contributed by atoms with Gasteiger partial charge in [-0.05, 0) is 37.6 Å². The summed E-state index contributed by atoms with van der Waals surface area (Å²) in [6.45, 7) is 5.52. The van der Waals surface area contributed by atoms with Crippen molar-refractivity contribution in [2.45, 2.75) is 25.7 Å². The third kappa shape index (κ3) is 2.11. The summed E-state index contributed by atoms with van der Waals surface area (Å²) in [6, 6.07) is 12.4. The topological polar surface area (TPSA) is 42.7 Å². The van der Waals surface area contributed by atoms with Crippen LogP contribution in [0.3, 0.4) is 0 Å². The lowest BCUT2D eigenvalue weighted by Crippen LogP contribution is -2.40. The van der Waals surface area contributed by atoms with E-state index in [2.05, 4.69) is 37.1 Å². The molecule has 2 aliphatic heterocycles. The quantitative estimate of drug-likeness (QED) is 0.574. The van der Waals surface area contributed by atoms with Crippen LogP contribution >= 0.6 is 0 Å². The smallest absolute Gasteiger partial charge is 0.343 e. The molecule has 0 spiro atoms. The van der Waals surface area contributed by atoms with E-state index >= 15 is 0 Å². The minimum absolute atomic E-state index is 0.0826. The molecule has 0 bridgehead atoms. The zero-order valence-corrected chi connectivity index (χ0v) is 15.2. The van der Waals surface area contributed by atoms with Crippen LogP contribution in [0.15, 0.2) is 45.6 Å². The largest absolute Gasteiger partial charge is 0.492 e. The highest BCUT2D eigenvalue weighted by Crippen LogP contribution is 2.49. The van der Waals surface area contributed by atoms with E-state index in [0.717, 1.165) is 17.5 Å². The maximum atomic E-state index is 12.8. The lowest BCUT2D eigenvalue weighted by molar-refractivity contribution is 0.232. The van der Waals surface area contributed by atoms with Crippen LogP contribution in [0.2, 0.25) is 0 Å². The molecule has 4 nitrogen and oxygen atoms in total. The highest BCUT2D eigenvalue weighted by molar-refractivity contribution is 5.86. The molecule has 5 rings (SSSR count). The van der Waals surface area contributed by atoms with E-state index in [4.69, 9.17) is 9.15 Å². The fraction of sp³-hybridized carbons (Fsp3) is 0.318. The number of aryl methyl sites for hydroxylation is 2. The van der Waals surface area contributed by atoms with Crippen molar-refractivity contribution in [1.82, 2.24) is 0 Å². The van der Waals surface area contributed by atoms with Gasteiger partial charge in [-0.3, -0.25) is 0 Å². The molecule has 132 valence electrons. The molecule has 2 aromatic carbocycles. The molecule has 2 atom stereocenters. The van der Waals surface area contributed by atoms with Gasteiger partial charge in [-0.1, -0.05) is 29.3 Å². The first kappa shape index (κ1) is 15.5. The van der Waals surface area contributed by atoms with Crippen molar-refractivity contribution >= 4 is 16.7 Å². The second-order valence-electron chi connectivity index (χ2n) is 7.60. The van der Waals surface area contributed by atoms with Crippen molar-refractivity contribution in [2.24, 2.45) is 0 Å². The molecular formula is C22H21NO3. The van der Waals surface area contributed by atoms with Gasteiger partial charge in [-0.15, -0.1) is 0 Å². The van der Waals surface area contributed by atoms with Crippen LogP contribution in [0.25, 0.3) is 11.0 Å². The Hall–Kier alpha value is -2.75. The van der Waals surface area contributed by atoms with Crippen molar-refractivity contribution in [3.05, 3.63) is 69.1 Å². The maximum absolute atomic E-state index is 12.8. The SMILES string of the molecule is Cc1ccc2c(c1)[C@H]1COc3c(c(=O)oc4ccc(C)cc34)[C@@H]1CN2C. The van der Waals surface area contributed by atoms with Gasteiger partial charge < -0.3 is 14.1 Å². The van der Waals surface area contributed by atoms with Gasteiger partial charge in [0.25, 0.3) is 0 Å². The second-order valence-corrected chi connectivity index (χ2v) is 7.60. The normalized spacial score (nSPS) is 21.0. The number of ether oxygens (including phenoxy) is 1. The highest BCUT2D eigenvalue weighted by atomic mass is 16.5. The van der Waals surface area contributed by atoms with Gasteiger partial charge in [-0.2, -0.15) is 0 Å². The first-order chi connectivity index (χ1) is 12.5. The van der Waals surface area contributed by atoms with E-state index in [1.54, 1.807) is 0 Å². The molecule has 4 heteroatoms. The first-order valence-electron chi connectivity index (χ1n) is 9.05. The van der Waals surface area contributed by atoms with Crippen LogP contribution in [0.1, 0.15) is 34.1 Å². The molecule has 2 aliphatic rings. The van der Waals surface area contributed by atoms with Gasteiger partial charge in [0.1, 0.15) is 11.3 Å². The molecule has 0 saturated heterocycles. The predicted molar refractivity (Wildman–Crippen MR) is 103 cm³/mol. The minimum atomic E-state index is -0.268. The lowest BCUT2D eigenvalue weighted by atomic mass is 9.76. The summed E-state index contributed by atoms with van der Waals surface area (Å²) >= 11 is 0. The Balaban J connectivity index is 1.75. The Bertz CT molecular complexity index is 1100. The van der Waals surface area contributed by atoms with Gasteiger partial charge in [0, 0.05) is 31.1 Å². The summed E-state index contributed by atoms with van der Waals surface area (Å²) in [7, 11) is 2.09. The first-order valence-corrected chi connectivity index (χ1v) is 9.05. The fourth-order valence-electron chi connectivity index (χ4n) is 4.51. The number of rotatable bonds is 0. The fourth-order valence-corrected chi connectivity index (χ4v) is 4.51. The Morgan fingerprint density at radius 3 is 2.65 bits per heavy atom. The number of hydrogen-bond donors (Lipinski definition) is 0. The average Bonchev–Trinajstić information content (AvgIpc) is 2.62. The van der Waals surface area contributed by atoms with Crippen molar-refractivity contribution in [1.29, 1.82) is 0 Å². The molecule has 0 unspecified atom stereocenters. The molecular weight excluding hydrogens is 326 g/mol. The van der Waals surface area contributed by atoms with Gasteiger partial charge in [-0.25, -0.2) is 4.79 Å². The Morgan fingerprint density at radius 2 is 1.81 bits per heavy atom. The van der Waals surface area contributed by atoms with Gasteiger partial charge in [0.05, 0.1) is 17.6 Å². The molecule has 0 aliphatic carbocycles. The minimum Gasteiger partial charge on any atom is -0.492 e. The highest BCUT2D eigenvalue weighted by Gasteiger charge is 2.41. The summed E-state index contributed by atoms with van der Waals surface area (Å²) in [5.74, 6) is 0.976. The zero-order valence-electron chi connectivity index (χ0n) is 15.2. The number of fused-ring (bicyclic) bond motifs is 7. The van der Waals surface area contributed by atoms with Crippen LogP contribution in [0.4, 0.5) is 5.69 Å². The molecule has 0 radical (unpaired) electrons. The predicted octanol–water partition coefficient (Wildman–Crippen LogP) is 4.12. The molecule has 3 aromatic rings. The number of benzene rings is 2. The van der Waals surface area contributed by atoms with Crippen molar-refractivity contribution < 1.29 is 9.15 Å². The second kappa shape index (κ2) is 5.37. The Labute approximate surface area is 152 Å². The lowest BCUT2D eigenvalue weighted by Gasteiger charge is -2.42. The molecule has 3 heterocycles. The van der Waals surface area contributed by atoms with E-state index in [-0.39, 0.29) is 17.5 Å². The molecule has 26 heavy (non-hydrogen) atoms. The van der Waals surface area contributed by atoms with E-state index in [0.29, 0.717) is 23.5 Å². The van der Waals surface area contributed by atoms with E-state index in [9.17, 15) is 4.79 Å². The van der Waals surface area contributed by atoms with Gasteiger partial charge in [0.15, 0.2) is 0 Å².